The highest BCUT2D eigenvalue weighted by molar-refractivity contribution is 7.11. The van der Waals surface area contributed by atoms with Gasteiger partial charge in [0.1, 0.15) is 0 Å². The highest BCUT2D eigenvalue weighted by atomic mass is 32.1. The van der Waals surface area contributed by atoms with Gasteiger partial charge < -0.3 is 5.32 Å². The second kappa shape index (κ2) is 7.25. The van der Waals surface area contributed by atoms with Gasteiger partial charge >= 0.3 is 0 Å². The van der Waals surface area contributed by atoms with Crippen LogP contribution in [0.5, 0.6) is 0 Å². The smallest absolute Gasteiger partial charge is 0.0934 e. The van der Waals surface area contributed by atoms with Crippen molar-refractivity contribution >= 4 is 11.3 Å². The molecule has 0 aliphatic rings. The molecule has 0 radical (unpaired) electrons. The van der Waals surface area contributed by atoms with Gasteiger partial charge in [0.05, 0.1) is 10.7 Å². The van der Waals surface area contributed by atoms with Gasteiger partial charge in [0, 0.05) is 11.3 Å². The minimum absolute atomic E-state index is 0.689. The summed E-state index contributed by atoms with van der Waals surface area (Å²) >= 11 is 1.86. The van der Waals surface area contributed by atoms with Gasteiger partial charge in [-0.15, -0.1) is 11.3 Å². The summed E-state index contributed by atoms with van der Waals surface area (Å²) in [5, 5.41) is 4.89. The molecule has 0 aromatic carbocycles. The zero-order chi connectivity index (χ0) is 13.7. The number of nitrogens with one attached hydrogen (secondary N) is 1. The molecule has 104 valence electrons. The van der Waals surface area contributed by atoms with Gasteiger partial charge in [0.2, 0.25) is 0 Å². The number of hydrogen-bond donors (Lipinski definition) is 1. The van der Waals surface area contributed by atoms with E-state index in [9.17, 15) is 0 Å². The summed E-state index contributed by atoms with van der Waals surface area (Å²) in [6.07, 6.45) is 1.11. The van der Waals surface area contributed by atoms with Gasteiger partial charge in [0.15, 0.2) is 0 Å². The van der Waals surface area contributed by atoms with E-state index in [4.69, 9.17) is 0 Å². The average molecular weight is 268 g/mol. The standard InChI is InChI=1S/C15H28N2S/c1-10(2)8-16-9-14(11(3)4)7-15-17-12(5)13(6)18-15/h10-11,14,16H,7-9H2,1-6H3. The van der Waals surface area contributed by atoms with Crippen LogP contribution in [0.2, 0.25) is 0 Å². The first-order valence-electron chi connectivity index (χ1n) is 7.03. The van der Waals surface area contributed by atoms with Crippen LogP contribution in [-0.4, -0.2) is 18.1 Å². The molecule has 0 amide bonds. The Kier molecular flexibility index (Phi) is 6.30. The summed E-state index contributed by atoms with van der Waals surface area (Å²) in [6, 6.07) is 0. The molecular formula is C15H28N2S. The van der Waals surface area contributed by atoms with Crippen LogP contribution in [0.3, 0.4) is 0 Å². The summed E-state index contributed by atoms with van der Waals surface area (Å²) < 4.78 is 0. The Labute approximate surface area is 116 Å². The van der Waals surface area contributed by atoms with Crippen LogP contribution in [0, 0.1) is 31.6 Å². The molecule has 3 heteroatoms. The zero-order valence-corrected chi connectivity index (χ0v) is 13.5. The normalized spacial score (nSPS) is 13.6. The molecule has 1 unspecified atom stereocenters. The third-order valence-corrected chi connectivity index (χ3v) is 4.51. The van der Waals surface area contributed by atoms with E-state index in [1.807, 2.05) is 11.3 Å². The van der Waals surface area contributed by atoms with E-state index in [2.05, 4.69) is 51.8 Å². The Morgan fingerprint density at radius 2 is 1.78 bits per heavy atom. The molecule has 1 aromatic heterocycles. The molecule has 0 aliphatic carbocycles. The summed E-state index contributed by atoms with van der Waals surface area (Å²) in [4.78, 5) is 6.03. The van der Waals surface area contributed by atoms with Gasteiger partial charge in [-0.3, -0.25) is 0 Å². The maximum absolute atomic E-state index is 4.67. The first-order valence-corrected chi connectivity index (χ1v) is 7.85. The van der Waals surface area contributed by atoms with Crippen LogP contribution in [0.25, 0.3) is 0 Å². The predicted molar refractivity (Wildman–Crippen MR) is 81.3 cm³/mol. The van der Waals surface area contributed by atoms with Gasteiger partial charge in [-0.1, -0.05) is 27.7 Å². The number of aromatic nitrogens is 1. The maximum atomic E-state index is 4.67. The van der Waals surface area contributed by atoms with Crippen molar-refractivity contribution in [2.75, 3.05) is 13.1 Å². The number of thiazole rings is 1. The first-order chi connectivity index (χ1) is 8.40. The minimum atomic E-state index is 0.689. The molecule has 0 bridgehead atoms. The predicted octanol–water partition coefficient (Wildman–Crippen LogP) is 3.82. The molecule has 2 nitrogen and oxygen atoms in total. The molecule has 1 rings (SSSR count). The van der Waals surface area contributed by atoms with Crippen LogP contribution in [0.4, 0.5) is 0 Å². The van der Waals surface area contributed by atoms with Crippen molar-refractivity contribution in [2.45, 2.75) is 48.0 Å². The first kappa shape index (κ1) is 15.6. The van der Waals surface area contributed by atoms with E-state index in [1.165, 1.54) is 15.6 Å². The topological polar surface area (TPSA) is 24.9 Å². The second-order valence-corrected chi connectivity index (χ2v) is 7.30. The molecule has 0 spiro atoms. The third-order valence-electron chi connectivity index (χ3n) is 3.41. The lowest BCUT2D eigenvalue weighted by molar-refractivity contribution is 0.352. The Morgan fingerprint density at radius 1 is 1.11 bits per heavy atom. The van der Waals surface area contributed by atoms with Gasteiger partial charge in [-0.05, 0) is 44.7 Å². The highest BCUT2D eigenvalue weighted by Crippen LogP contribution is 2.22. The van der Waals surface area contributed by atoms with E-state index in [0.29, 0.717) is 11.8 Å². The van der Waals surface area contributed by atoms with Crippen molar-refractivity contribution < 1.29 is 0 Å². The SMILES string of the molecule is Cc1nc(CC(CNCC(C)C)C(C)C)sc1C. The van der Waals surface area contributed by atoms with E-state index in [1.54, 1.807) is 0 Å². The summed E-state index contributed by atoms with van der Waals surface area (Å²) in [6.45, 7) is 15.6. The Hall–Kier alpha value is -0.410. The molecule has 0 aliphatic heterocycles. The highest BCUT2D eigenvalue weighted by Gasteiger charge is 2.16. The fourth-order valence-corrected chi connectivity index (χ4v) is 2.98. The lowest BCUT2D eigenvalue weighted by Crippen LogP contribution is -2.30. The van der Waals surface area contributed by atoms with Crippen LogP contribution in [0.15, 0.2) is 0 Å². The number of nitrogens with zero attached hydrogens (tertiary/aromatic N) is 1. The van der Waals surface area contributed by atoms with Crippen molar-refractivity contribution in [3.8, 4) is 0 Å². The Bertz CT molecular complexity index is 336. The van der Waals surface area contributed by atoms with Crippen molar-refractivity contribution in [1.29, 1.82) is 0 Å². The monoisotopic (exact) mass is 268 g/mol. The molecule has 0 saturated carbocycles. The Balaban J connectivity index is 2.52. The largest absolute Gasteiger partial charge is 0.316 e. The molecule has 1 N–H and O–H groups in total. The van der Waals surface area contributed by atoms with Gasteiger partial charge in [-0.25, -0.2) is 4.98 Å². The van der Waals surface area contributed by atoms with Crippen LogP contribution in [0.1, 0.15) is 43.3 Å². The summed E-state index contributed by atoms with van der Waals surface area (Å²) in [7, 11) is 0. The molecule has 1 atom stereocenters. The van der Waals surface area contributed by atoms with Crippen molar-refractivity contribution in [3.63, 3.8) is 0 Å². The average Bonchev–Trinajstić information content (AvgIpc) is 2.56. The zero-order valence-electron chi connectivity index (χ0n) is 12.7. The Morgan fingerprint density at radius 3 is 2.22 bits per heavy atom. The van der Waals surface area contributed by atoms with E-state index >= 15 is 0 Å². The molecule has 1 heterocycles. The lowest BCUT2D eigenvalue weighted by Gasteiger charge is -2.21. The molecule has 0 saturated heterocycles. The number of hydrogen-bond acceptors (Lipinski definition) is 3. The summed E-state index contributed by atoms with van der Waals surface area (Å²) in [5.74, 6) is 2.12. The molecule has 1 aromatic rings. The van der Waals surface area contributed by atoms with Crippen LogP contribution < -0.4 is 5.32 Å². The quantitative estimate of drug-likeness (QED) is 0.813. The fraction of sp³-hybridized carbons (Fsp3) is 0.800. The fourth-order valence-electron chi connectivity index (χ4n) is 1.95. The van der Waals surface area contributed by atoms with Gasteiger partial charge in [0.25, 0.3) is 0 Å². The van der Waals surface area contributed by atoms with E-state index in [0.717, 1.165) is 25.4 Å². The number of rotatable bonds is 7. The van der Waals surface area contributed by atoms with Crippen LogP contribution >= 0.6 is 11.3 Å². The molecule has 18 heavy (non-hydrogen) atoms. The van der Waals surface area contributed by atoms with Gasteiger partial charge in [-0.2, -0.15) is 0 Å². The second-order valence-electron chi connectivity index (χ2n) is 6.01. The number of aryl methyl sites for hydroxylation is 2. The van der Waals surface area contributed by atoms with Crippen LogP contribution in [-0.2, 0) is 6.42 Å². The minimum Gasteiger partial charge on any atom is -0.316 e. The molecule has 0 fully saturated rings. The van der Waals surface area contributed by atoms with E-state index < -0.39 is 0 Å². The van der Waals surface area contributed by atoms with E-state index in [-0.39, 0.29) is 0 Å². The van der Waals surface area contributed by atoms with Crippen molar-refractivity contribution in [2.24, 2.45) is 17.8 Å². The lowest BCUT2D eigenvalue weighted by atomic mass is 9.92. The van der Waals surface area contributed by atoms with Crippen molar-refractivity contribution in [3.05, 3.63) is 15.6 Å². The third kappa shape index (κ3) is 5.07. The summed E-state index contributed by atoms with van der Waals surface area (Å²) in [5.41, 5.74) is 1.20. The molecular weight excluding hydrogens is 240 g/mol. The maximum Gasteiger partial charge on any atom is 0.0934 e. The van der Waals surface area contributed by atoms with Crippen molar-refractivity contribution in [1.82, 2.24) is 10.3 Å².